The van der Waals surface area contributed by atoms with Crippen LogP contribution in [0, 0.1) is 10.1 Å². The van der Waals surface area contributed by atoms with Crippen LogP contribution in [0.5, 0.6) is 5.88 Å². The van der Waals surface area contributed by atoms with Gasteiger partial charge < -0.3 is 10.1 Å². The summed E-state index contributed by atoms with van der Waals surface area (Å²) in [6.07, 6.45) is 3.05. The standard InChI is InChI=1S/C27H29F3N4O4/c1-2-3-4-5-6-7-14-31-25(35)23-17-32-24(20-11-9-13-22(16-20)34(36)37)33-26(23)38-18-19-10-8-12-21(15-19)27(28,29)30/h8-13,15-17H,2-7,14,18H2,1H3,(H,31,35). The summed E-state index contributed by atoms with van der Waals surface area (Å²) in [5, 5.41) is 14.0. The van der Waals surface area contributed by atoms with Gasteiger partial charge in [0.2, 0.25) is 5.88 Å². The third-order valence-electron chi connectivity index (χ3n) is 5.76. The molecule has 2 aromatic carbocycles. The minimum Gasteiger partial charge on any atom is -0.472 e. The molecule has 1 amide bonds. The number of rotatable bonds is 13. The summed E-state index contributed by atoms with van der Waals surface area (Å²) in [5.41, 5.74) is -0.429. The fourth-order valence-electron chi connectivity index (χ4n) is 3.72. The topological polar surface area (TPSA) is 107 Å². The van der Waals surface area contributed by atoms with E-state index in [0.717, 1.165) is 44.2 Å². The van der Waals surface area contributed by atoms with Gasteiger partial charge in [-0.05, 0) is 24.1 Å². The second-order valence-electron chi connectivity index (χ2n) is 8.73. The average Bonchev–Trinajstić information content (AvgIpc) is 2.91. The van der Waals surface area contributed by atoms with Crippen LogP contribution in [0.4, 0.5) is 18.9 Å². The SMILES string of the molecule is CCCCCCCCNC(=O)c1cnc(-c2cccc([N+](=O)[O-])c2)nc1OCc1cccc(C(F)(F)F)c1. The maximum atomic E-state index is 13.1. The minimum absolute atomic E-state index is 0.0112. The predicted molar refractivity (Wildman–Crippen MR) is 136 cm³/mol. The second-order valence-corrected chi connectivity index (χ2v) is 8.73. The van der Waals surface area contributed by atoms with Gasteiger partial charge in [0.25, 0.3) is 11.6 Å². The van der Waals surface area contributed by atoms with Crippen molar-refractivity contribution < 1.29 is 27.6 Å². The zero-order chi connectivity index (χ0) is 27.5. The van der Waals surface area contributed by atoms with Crippen LogP contribution in [0.25, 0.3) is 11.4 Å². The number of hydrogen-bond acceptors (Lipinski definition) is 6. The van der Waals surface area contributed by atoms with Crippen LogP contribution in [0.1, 0.15) is 66.9 Å². The highest BCUT2D eigenvalue weighted by Gasteiger charge is 2.30. The van der Waals surface area contributed by atoms with E-state index in [-0.39, 0.29) is 35.1 Å². The van der Waals surface area contributed by atoms with Crippen LogP contribution in [0.3, 0.4) is 0 Å². The van der Waals surface area contributed by atoms with Crippen LogP contribution < -0.4 is 10.1 Å². The van der Waals surface area contributed by atoms with E-state index in [1.807, 2.05) is 0 Å². The first-order valence-electron chi connectivity index (χ1n) is 12.4. The molecule has 1 heterocycles. The van der Waals surface area contributed by atoms with E-state index in [4.69, 9.17) is 4.74 Å². The summed E-state index contributed by atoms with van der Waals surface area (Å²) in [6, 6.07) is 10.3. The lowest BCUT2D eigenvalue weighted by atomic mass is 10.1. The van der Waals surface area contributed by atoms with Crippen molar-refractivity contribution in [1.29, 1.82) is 0 Å². The molecular weight excluding hydrogens is 501 g/mol. The summed E-state index contributed by atoms with van der Waals surface area (Å²) in [6.45, 7) is 2.29. The number of nitro groups is 1. The lowest BCUT2D eigenvalue weighted by Crippen LogP contribution is -2.25. The van der Waals surface area contributed by atoms with Gasteiger partial charge in [-0.15, -0.1) is 0 Å². The van der Waals surface area contributed by atoms with Crippen molar-refractivity contribution >= 4 is 11.6 Å². The summed E-state index contributed by atoms with van der Waals surface area (Å²) in [4.78, 5) is 32.0. The molecule has 0 spiro atoms. The molecule has 202 valence electrons. The molecule has 3 aromatic rings. The van der Waals surface area contributed by atoms with Crippen molar-refractivity contribution in [2.24, 2.45) is 0 Å². The molecule has 0 unspecified atom stereocenters. The largest absolute Gasteiger partial charge is 0.472 e. The molecule has 0 radical (unpaired) electrons. The molecule has 38 heavy (non-hydrogen) atoms. The van der Waals surface area contributed by atoms with Crippen LogP contribution in [-0.2, 0) is 12.8 Å². The van der Waals surface area contributed by atoms with Crippen LogP contribution in [0.2, 0.25) is 0 Å². The van der Waals surface area contributed by atoms with Crippen molar-refractivity contribution in [3.8, 4) is 17.3 Å². The van der Waals surface area contributed by atoms with Gasteiger partial charge in [0.1, 0.15) is 12.2 Å². The third kappa shape index (κ3) is 8.25. The number of nitrogens with one attached hydrogen (secondary N) is 1. The number of nitrogens with zero attached hydrogens (tertiary/aromatic N) is 3. The lowest BCUT2D eigenvalue weighted by Gasteiger charge is -2.13. The molecule has 0 aliphatic carbocycles. The number of carbonyl (C=O) groups is 1. The molecule has 11 heteroatoms. The number of benzene rings is 2. The number of nitro benzene ring substituents is 1. The predicted octanol–water partition coefficient (Wildman–Crippen LogP) is 6.74. The molecule has 0 aliphatic rings. The molecule has 0 saturated carbocycles. The molecule has 8 nitrogen and oxygen atoms in total. The molecule has 1 aromatic heterocycles. The summed E-state index contributed by atoms with van der Waals surface area (Å²) in [7, 11) is 0. The monoisotopic (exact) mass is 530 g/mol. The van der Waals surface area contributed by atoms with Gasteiger partial charge >= 0.3 is 6.18 Å². The van der Waals surface area contributed by atoms with Crippen LogP contribution in [-0.4, -0.2) is 27.3 Å². The van der Waals surface area contributed by atoms with E-state index in [0.29, 0.717) is 12.1 Å². The van der Waals surface area contributed by atoms with Gasteiger partial charge in [-0.25, -0.2) is 4.98 Å². The Morgan fingerprint density at radius 1 is 1.05 bits per heavy atom. The van der Waals surface area contributed by atoms with Gasteiger partial charge in [-0.1, -0.05) is 63.3 Å². The molecular formula is C27H29F3N4O4. The number of carbonyl (C=O) groups excluding carboxylic acids is 1. The Morgan fingerprint density at radius 2 is 1.79 bits per heavy atom. The first-order valence-corrected chi connectivity index (χ1v) is 12.4. The fourth-order valence-corrected chi connectivity index (χ4v) is 3.72. The molecule has 0 bridgehead atoms. The van der Waals surface area contributed by atoms with Crippen LogP contribution >= 0.6 is 0 Å². The highest BCUT2D eigenvalue weighted by atomic mass is 19.4. The number of hydrogen-bond donors (Lipinski definition) is 1. The zero-order valence-corrected chi connectivity index (χ0v) is 21.0. The fraction of sp³-hybridized carbons (Fsp3) is 0.370. The lowest BCUT2D eigenvalue weighted by molar-refractivity contribution is -0.384. The average molecular weight is 531 g/mol. The number of halogens is 3. The number of unbranched alkanes of at least 4 members (excludes halogenated alkanes) is 5. The van der Waals surface area contributed by atoms with Crippen LogP contribution in [0.15, 0.2) is 54.7 Å². The Labute approximate surface area is 218 Å². The summed E-state index contributed by atoms with van der Waals surface area (Å²) in [5.74, 6) is -0.553. The van der Waals surface area contributed by atoms with Crippen molar-refractivity contribution in [2.75, 3.05) is 6.54 Å². The van der Waals surface area contributed by atoms with Gasteiger partial charge in [-0.3, -0.25) is 14.9 Å². The molecule has 0 atom stereocenters. The first-order chi connectivity index (χ1) is 18.2. The number of aromatic nitrogens is 2. The minimum atomic E-state index is -4.51. The van der Waals surface area contributed by atoms with Gasteiger partial charge in [-0.2, -0.15) is 18.2 Å². The smallest absolute Gasteiger partial charge is 0.416 e. The zero-order valence-electron chi connectivity index (χ0n) is 21.0. The summed E-state index contributed by atoms with van der Waals surface area (Å²) < 4.78 is 45.0. The van der Waals surface area contributed by atoms with E-state index < -0.39 is 22.6 Å². The quantitative estimate of drug-likeness (QED) is 0.149. The molecule has 0 fully saturated rings. The molecule has 1 N–H and O–H groups in total. The van der Waals surface area contributed by atoms with Crippen molar-refractivity contribution in [3.05, 3.63) is 81.5 Å². The van der Waals surface area contributed by atoms with Gasteiger partial charge in [0.15, 0.2) is 5.82 Å². The Hall–Kier alpha value is -4.02. The number of non-ortho nitro benzene ring substituents is 1. The molecule has 0 aliphatic heterocycles. The van der Waals surface area contributed by atoms with Gasteiger partial charge in [0.05, 0.1) is 10.5 Å². The molecule has 3 rings (SSSR count). The Balaban J connectivity index is 1.81. The molecule has 0 saturated heterocycles. The van der Waals surface area contributed by atoms with Crippen molar-refractivity contribution in [2.45, 2.75) is 58.2 Å². The number of ether oxygens (including phenoxy) is 1. The third-order valence-corrected chi connectivity index (χ3v) is 5.76. The Bertz CT molecular complexity index is 1250. The number of amides is 1. The van der Waals surface area contributed by atoms with Crippen molar-refractivity contribution in [1.82, 2.24) is 15.3 Å². The second kappa shape index (κ2) is 13.5. The van der Waals surface area contributed by atoms with E-state index >= 15 is 0 Å². The number of alkyl halides is 3. The maximum Gasteiger partial charge on any atom is 0.416 e. The van der Waals surface area contributed by atoms with E-state index in [1.165, 1.54) is 42.9 Å². The first kappa shape index (κ1) is 28.5. The Kier molecular flexibility index (Phi) is 10.1. The van der Waals surface area contributed by atoms with E-state index in [1.54, 1.807) is 6.07 Å². The highest BCUT2D eigenvalue weighted by Crippen LogP contribution is 2.30. The maximum absolute atomic E-state index is 13.1. The van der Waals surface area contributed by atoms with E-state index in [9.17, 15) is 28.1 Å². The highest BCUT2D eigenvalue weighted by molar-refractivity contribution is 5.96. The Morgan fingerprint density at radius 3 is 2.53 bits per heavy atom. The normalized spacial score (nSPS) is 11.3. The van der Waals surface area contributed by atoms with Crippen molar-refractivity contribution in [3.63, 3.8) is 0 Å². The van der Waals surface area contributed by atoms with E-state index in [2.05, 4.69) is 22.2 Å². The summed E-state index contributed by atoms with van der Waals surface area (Å²) >= 11 is 0. The van der Waals surface area contributed by atoms with Gasteiger partial charge in [0, 0.05) is 30.4 Å².